The van der Waals surface area contributed by atoms with E-state index in [4.69, 9.17) is 0 Å². The summed E-state index contributed by atoms with van der Waals surface area (Å²) in [5.74, 6) is 0. The van der Waals surface area contributed by atoms with Gasteiger partial charge in [-0.3, -0.25) is 0 Å². The number of hydrogen-bond acceptors (Lipinski definition) is 2. The van der Waals surface area contributed by atoms with Crippen LogP contribution in [0.5, 0.6) is 0 Å². The molecule has 0 aromatic heterocycles. The SMILES string of the molecule is CCCCC1OO1.[Nb]. The average Bonchev–Trinajstić information content (AvgIpc) is 2.42. The zero-order chi connectivity index (χ0) is 5.11. The van der Waals surface area contributed by atoms with Gasteiger partial charge in [0.05, 0.1) is 0 Å². The molecule has 0 amide bonds. The van der Waals surface area contributed by atoms with E-state index in [-0.39, 0.29) is 28.7 Å². The van der Waals surface area contributed by atoms with E-state index in [2.05, 4.69) is 16.7 Å². The van der Waals surface area contributed by atoms with Gasteiger partial charge in [-0.05, 0) is 6.42 Å². The van der Waals surface area contributed by atoms with Gasteiger partial charge in [0.25, 0.3) is 0 Å². The van der Waals surface area contributed by atoms with E-state index < -0.39 is 0 Å². The normalized spacial score (nSPS) is 17.6. The topological polar surface area (TPSA) is 25.1 Å². The third-order valence-electron chi connectivity index (χ3n) is 1.03. The van der Waals surface area contributed by atoms with Gasteiger partial charge >= 0.3 is 0 Å². The van der Waals surface area contributed by atoms with Crippen LogP contribution in [0.25, 0.3) is 0 Å². The fourth-order valence-electron chi connectivity index (χ4n) is 0.506. The van der Waals surface area contributed by atoms with Crippen LogP contribution in [0.2, 0.25) is 0 Å². The standard InChI is InChI=1S/C5H10O2.Nb/c1-2-3-4-5-6-7-5;/h5H,2-4H2,1H3;. The second kappa shape index (κ2) is 4.53. The van der Waals surface area contributed by atoms with Crippen LogP contribution in [0.4, 0.5) is 0 Å². The monoisotopic (exact) mass is 195 g/mol. The molecule has 0 aromatic rings. The minimum atomic E-state index is 0. The van der Waals surface area contributed by atoms with Gasteiger partial charge in [-0.15, -0.1) is 0 Å². The summed E-state index contributed by atoms with van der Waals surface area (Å²) in [5.41, 5.74) is 0. The molecular weight excluding hydrogens is 185 g/mol. The van der Waals surface area contributed by atoms with Gasteiger partial charge in [0.2, 0.25) is 6.29 Å². The number of hydrogen-bond donors (Lipinski definition) is 0. The largest absolute Gasteiger partial charge is 0.224 e. The molecule has 0 spiro atoms. The zero-order valence-electron chi connectivity index (χ0n) is 4.96. The van der Waals surface area contributed by atoms with Gasteiger partial charge in [-0.2, -0.15) is 9.78 Å². The Morgan fingerprint density at radius 2 is 2.00 bits per heavy atom. The Morgan fingerprint density at radius 3 is 2.38 bits per heavy atom. The maximum absolute atomic E-state index is 4.51. The quantitative estimate of drug-likeness (QED) is 0.387. The van der Waals surface area contributed by atoms with Crippen LogP contribution in [-0.2, 0) is 32.2 Å². The third-order valence-corrected chi connectivity index (χ3v) is 1.03. The summed E-state index contributed by atoms with van der Waals surface area (Å²) in [6.07, 6.45) is 3.66. The first-order valence-corrected chi connectivity index (χ1v) is 2.75. The van der Waals surface area contributed by atoms with Crippen molar-refractivity contribution >= 4 is 0 Å². The Morgan fingerprint density at radius 1 is 1.38 bits per heavy atom. The number of rotatable bonds is 3. The molecule has 3 heteroatoms. The van der Waals surface area contributed by atoms with Crippen molar-refractivity contribution < 1.29 is 32.2 Å². The maximum Gasteiger partial charge on any atom is 0.224 e. The van der Waals surface area contributed by atoms with E-state index in [9.17, 15) is 0 Å². The molecule has 0 atom stereocenters. The molecule has 1 rings (SSSR count). The van der Waals surface area contributed by atoms with Gasteiger partial charge < -0.3 is 0 Å². The average molecular weight is 195 g/mol. The Labute approximate surface area is 65.0 Å². The van der Waals surface area contributed by atoms with E-state index in [1.54, 1.807) is 0 Å². The zero-order valence-corrected chi connectivity index (χ0v) is 7.16. The predicted molar refractivity (Wildman–Crippen MR) is 25.5 cm³/mol. The molecule has 1 fully saturated rings. The van der Waals surface area contributed by atoms with Crippen molar-refractivity contribution in [3.8, 4) is 0 Å². The van der Waals surface area contributed by atoms with Crippen molar-refractivity contribution in [2.24, 2.45) is 0 Å². The van der Waals surface area contributed by atoms with Gasteiger partial charge in [0.1, 0.15) is 0 Å². The van der Waals surface area contributed by atoms with Crippen LogP contribution in [-0.4, -0.2) is 6.29 Å². The molecule has 47 valence electrons. The maximum atomic E-state index is 4.51. The van der Waals surface area contributed by atoms with Crippen molar-refractivity contribution in [1.82, 2.24) is 0 Å². The summed E-state index contributed by atoms with van der Waals surface area (Å²) in [6.45, 7) is 2.16. The summed E-state index contributed by atoms with van der Waals surface area (Å²) in [4.78, 5) is 9.02. The second-order valence-corrected chi connectivity index (χ2v) is 1.76. The summed E-state index contributed by atoms with van der Waals surface area (Å²) >= 11 is 0. The van der Waals surface area contributed by atoms with Crippen molar-refractivity contribution in [2.45, 2.75) is 32.5 Å². The Balaban J connectivity index is 0.000000490. The molecule has 0 saturated carbocycles. The molecule has 1 radical (unpaired) electrons. The van der Waals surface area contributed by atoms with Crippen molar-refractivity contribution in [3.05, 3.63) is 0 Å². The fourth-order valence-corrected chi connectivity index (χ4v) is 0.506. The summed E-state index contributed by atoms with van der Waals surface area (Å²) in [6, 6.07) is 0. The first-order chi connectivity index (χ1) is 3.43. The van der Waals surface area contributed by atoms with Crippen molar-refractivity contribution in [3.63, 3.8) is 0 Å². The molecule has 0 bridgehead atoms. The molecule has 0 N–H and O–H groups in total. The molecule has 1 aliphatic heterocycles. The molecule has 8 heavy (non-hydrogen) atoms. The molecule has 0 aliphatic carbocycles. The van der Waals surface area contributed by atoms with Crippen LogP contribution in [0, 0.1) is 0 Å². The molecule has 1 saturated heterocycles. The second-order valence-electron chi connectivity index (χ2n) is 1.76. The fraction of sp³-hybridized carbons (Fsp3) is 1.00. The molecule has 2 nitrogen and oxygen atoms in total. The minimum Gasteiger partial charge on any atom is -0.199 e. The van der Waals surface area contributed by atoms with Gasteiger partial charge in [-0.25, -0.2) is 0 Å². The van der Waals surface area contributed by atoms with Gasteiger partial charge in [0.15, 0.2) is 0 Å². The molecular formula is C5H10NbO2. The molecule has 0 unspecified atom stereocenters. The van der Waals surface area contributed by atoms with Crippen molar-refractivity contribution in [1.29, 1.82) is 0 Å². The smallest absolute Gasteiger partial charge is 0.199 e. The Bertz CT molecular complexity index is 54.4. The van der Waals surface area contributed by atoms with E-state index in [1.165, 1.54) is 12.8 Å². The van der Waals surface area contributed by atoms with Crippen molar-refractivity contribution in [2.75, 3.05) is 0 Å². The van der Waals surface area contributed by atoms with Crippen LogP contribution < -0.4 is 0 Å². The molecule has 1 heterocycles. The summed E-state index contributed by atoms with van der Waals surface area (Å²) < 4.78 is 0. The summed E-state index contributed by atoms with van der Waals surface area (Å²) in [7, 11) is 0. The van der Waals surface area contributed by atoms with E-state index >= 15 is 0 Å². The van der Waals surface area contributed by atoms with Crippen LogP contribution >= 0.6 is 0 Å². The third kappa shape index (κ3) is 3.64. The van der Waals surface area contributed by atoms with Crippen LogP contribution in [0.15, 0.2) is 0 Å². The van der Waals surface area contributed by atoms with E-state index in [1.807, 2.05) is 0 Å². The first-order valence-electron chi connectivity index (χ1n) is 2.75. The van der Waals surface area contributed by atoms with E-state index in [0.29, 0.717) is 0 Å². The summed E-state index contributed by atoms with van der Waals surface area (Å²) in [5, 5.41) is 0. The first kappa shape index (κ1) is 8.66. The van der Waals surface area contributed by atoms with Crippen LogP contribution in [0.1, 0.15) is 26.2 Å². The minimum absolute atomic E-state index is 0. The van der Waals surface area contributed by atoms with Gasteiger partial charge in [-0.1, -0.05) is 13.3 Å². The van der Waals surface area contributed by atoms with E-state index in [0.717, 1.165) is 6.42 Å². The molecule has 1 aliphatic rings. The Hall–Kier alpha value is 0.660. The predicted octanol–water partition coefficient (Wildman–Crippen LogP) is 1.46. The number of unbranched alkanes of at least 4 members (excludes halogenated alkanes) is 1. The molecule has 0 aromatic carbocycles. The van der Waals surface area contributed by atoms with Crippen LogP contribution in [0.3, 0.4) is 0 Å². The Kier molecular flexibility index (Phi) is 4.90. The van der Waals surface area contributed by atoms with Gasteiger partial charge in [0, 0.05) is 28.8 Å².